The Morgan fingerprint density at radius 1 is 1.67 bits per heavy atom. The largest absolute Gasteiger partial charge is 0.264 e. The number of alkyl halides is 2. The predicted octanol–water partition coefficient (Wildman–Crippen LogP) is 3.06. The van der Waals surface area contributed by atoms with Crippen molar-refractivity contribution in [2.75, 3.05) is 4.43 Å². The summed E-state index contributed by atoms with van der Waals surface area (Å²) in [6.45, 7) is 2.05. The van der Waals surface area contributed by atoms with Gasteiger partial charge in [-0.2, -0.15) is 0 Å². The zero-order valence-corrected chi connectivity index (χ0v) is 9.84. The van der Waals surface area contributed by atoms with E-state index in [0.29, 0.717) is 0 Å². The summed E-state index contributed by atoms with van der Waals surface area (Å²) in [5.74, 6) is 0. The van der Waals surface area contributed by atoms with E-state index >= 15 is 0 Å². The first kappa shape index (κ1) is 10.3. The fourth-order valence-electron chi connectivity index (χ4n) is 0.976. The van der Waals surface area contributed by atoms with Crippen LogP contribution in [-0.4, -0.2) is 14.3 Å². The third-order valence-corrected chi connectivity index (χ3v) is 3.98. The minimum Gasteiger partial charge on any atom is -0.264 e. The second-order valence-corrected chi connectivity index (χ2v) is 4.76. The van der Waals surface area contributed by atoms with E-state index in [-0.39, 0.29) is 4.87 Å². The lowest BCUT2D eigenvalue weighted by molar-refractivity contribution is 0.712. The van der Waals surface area contributed by atoms with E-state index < -0.39 is 0 Å². The van der Waals surface area contributed by atoms with Crippen molar-refractivity contribution in [3.8, 4) is 0 Å². The van der Waals surface area contributed by atoms with E-state index in [0.717, 1.165) is 10.8 Å². The quantitative estimate of drug-likeness (QED) is 0.617. The Kier molecular flexibility index (Phi) is 3.77. The lowest BCUT2D eigenvalue weighted by Gasteiger charge is -2.18. The van der Waals surface area contributed by atoms with Crippen LogP contribution in [0.3, 0.4) is 0 Å². The van der Waals surface area contributed by atoms with Crippen LogP contribution in [0.15, 0.2) is 24.5 Å². The van der Waals surface area contributed by atoms with Crippen LogP contribution in [0.5, 0.6) is 0 Å². The van der Waals surface area contributed by atoms with Gasteiger partial charge in [-0.05, 0) is 25.0 Å². The van der Waals surface area contributed by atoms with Crippen LogP contribution >= 0.6 is 34.2 Å². The third-order valence-electron chi connectivity index (χ3n) is 1.57. The topological polar surface area (TPSA) is 12.9 Å². The SMILES string of the molecule is CC(Cl)(CI)Cc1cccnc1. The molecule has 1 aromatic heterocycles. The van der Waals surface area contributed by atoms with Crippen molar-refractivity contribution in [1.29, 1.82) is 0 Å². The van der Waals surface area contributed by atoms with E-state index in [2.05, 4.69) is 33.6 Å². The first-order chi connectivity index (χ1) is 5.64. The molecule has 1 nitrogen and oxygen atoms in total. The van der Waals surface area contributed by atoms with Gasteiger partial charge < -0.3 is 0 Å². The molecular formula is C9H11ClIN. The highest BCUT2D eigenvalue weighted by Crippen LogP contribution is 2.22. The van der Waals surface area contributed by atoms with Gasteiger partial charge in [-0.25, -0.2) is 0 Å². The van der Waals surface area contributed by atoms with Crippen molar-refractivity contribution < 1.29 is 0 Å². The first-order valence-electron chi connectivity index (χ1n) is 3.78. The fraction of sp³-hybridized carbons (Fsp3) is 0.444. The van der Waals surface area contributed by atoms with Crippen molar-refractivity contribution in [1.82, 2.24) is 4.98 Å². The molecule has 0 aliphatic carbocycles. The van der Waals surface area contributed by atoms with Gasteiger partial charge >= 0.3 is 0 Å². The van der Waals surface area contributed by atoms with Crippen LogP contribution < -0.4 is 0 Å². The molecule has 0 saturated carbocycles. The molecule has 1 atom stereocenters. The fourth-order valence-corrected chi connectivity index (χ4v) is 1.40. The zero-order valence-electron chi connectivity index (χ0n) is 6.93. The molecule has 0 N–H and O–H groups in total. The molecule has 0 saturated heterocycles. The smallest absolute Gasteiger partial charge is 0.0548 e. The lowest BCUT2D eigenvalue weighted by atomic mass is 10.0. The Morgan fingerprint density at radius 3 is 2.92 bits per heavy atom. The number of nitrogens with zero attached hydrogens (tertiary/aromatic N) is 1. The van der Waals surface area contributed by atoms with Crippen molar-refractivity contribution >= 4 is 34.2 Å². The van der Waals surface area contributed by atoms with Gasteiger partial charge in [0.1, 0.15) is 0 Å². The van der Waals surface area contributed by atoms with E-state index in [1.807, 2.05) is 19.2 Å². The summed E-state index contributed by atoms with van der Waals surface area (Å²) in [5.41, 5.74) is 1.20. The van der Waals surface area contributed by atoms with Crippen LogP contribution in [0.1, 0.15) is 12.5 Å². The van der Waals surface area contributed by atoms with Gasteiger partial charge in [0.05, 0.1) is 4.87 Å². The Balaban J connectivity index is 2.64. The molecule has 3 heteroatoms. The van der Waals surface area contributed by atoms with E-state index in [1.165, 1.54) is 5.56 Å². The number of hydrogen-bond acceptors (Lipinski definition) is 1. The Bertz CT molecular complexity index is 236. The van der Waals surface area contributed by atoms with Gasteiger partial charge in [-0.15, -0.1) is 11.6 Å². The predicted molar refractivity (Wildman–Crippen MR) is 61.1 cm³/mol. The monoisotopic (exact) mass is 295 g/mol. The van der Waals surface area contributed by atoms with E-state index in [9.17, 15) is 0 Å². The highest BCUT2D eigenvalue weighted by molar-refractivity contribution is 14.1. The minimum atomic E-state index is -0.135. The maximum Gasteiger partial charge on any atom is 0.0548 e. The number of aromatic nitrogens is 1. The van der Waals surface area contributed by atoms with E-state index in [1.54, 1.807) is 6.20 Å². The molecule has 1 unspecified atom stereocenters. The summed E-state index contributed by atoms with van der Waals surface area (Å²) >= 11 is 8.52. The molecule has 1 rings (SSSR count). The number of hydrogen-bond donors (Lipinski definition) is 0. The molecule has 0 bridgehead atoms. The van der Waals surface area contributed by atoms with Crippen LogP contribution in [0, 0.1) is 0 Å². The first-order valence-corrected chi connectivity index (χ1v) is 5.68. The standard InChI is InChI=1S/C9H11ClIN/c1-9(10,7-11)5-8-3-2-4-12-6-8/h2-4,6H,5,7H2,1H3. The number of pyridine rings is 1. The maximum atomic E-state index is 6.22. The van der Waals surface area contributed by atoms with E-state index in [4.69, 9.17) is 11.6 Å². The molecule has 1 heterocycles. The molecule has 12 heavy (non-hydrogen) atoms. The molecule has 0 aliphatic rings. The van der Waals surface area contributed by atoms with Crippen LogP contribution in [0.4, 0.5) is 0 Å². The molecule has 0 fully saturated rings. The van der Waals surface area contributed by atoms with Crippen LogP contribution in [0.2, 0.25) is 0 Å². The molecule has 66 valence electrons. The van der Waals surface area contributed by atoms with Crippen LogP contribution in [0.25, 0.3) is 0 Å². The summed E-state index contributed by atoms with van der Waals surface area (Å²) in [6, 6.07) is 4.00. The molecule has 0 radical (unpaired) electrons. The molecular weight excluding hydrogens is 284 g/mol. The normalized spacial score (nSPS) is 15.6. The summed E-state index contributed by atoms with van der Waals surface area (Å²) in [7, 11) is 0. The highest BCUT2D eigenvalue weighted by Gasteiger charge is 2.19. The molecule has 0 aromatic carbocycles. The summed E-state index contributed by atoms with van der Waals surface area (Å²) < 4.78 is 0.946. The zero-order chi connectivity index (χ0) is 9.03. The van der Waals surface area contributed by atoms with Crippen molar-refractivity contribution in [3.05, 3.63) is 30.1 Å². The van der Waals surface area contributed by atoms with Gasteiger partial charge in [-0.3, -0.25) is 4.98 Å². The second-order valence-electron chi connectivity index (χ2n) is 3.09. The van der Waals surface area contributed by atoms with Gasteiger partial charge in [0.25, 0.3) is 0 Å². The number of rotatable bonds is 3. The van der Waals surface area contributed by atoms with Gasteiger partial charge in [-0.1, -0.05) is 28.7 Å². The molecule has 0 spiro atoms. The Morgan fingerprint density at radius 2 is 2.42 bits per heavy atom. The lowest BCUT2D eigenvalue weighted by Crippen LogP contribution is -2.21. The summed E-state index contributed by atoms with van der Waals surface area (Å²) in [4.78, 5) is 3.91. The summed E-state index contributed by atoms with van der Waals surface area (Å²) in [6.07, 6.45) is 4.53. The Hall–Kier alpha value is 0.170. The van der Waals surface area contributed by atoms with Gasteiger partial charge in [0, 0.05) is 16.8 Å². The van der Waals surface area contributed by atoms with Gasteiger partial charge in [0.2, 0.25) is 0 Å². The molecule has 0 amide bonds. The molecule has 1 aromatic rings. The maximum absolute atomic E-state index is 6.22. The van der Waals surface area contributed by atoms with Crippen molar-refractivity contribution in [2.24, 2.45) is 0 Å². The average molecular weight is 296 g/mol. The Labute approximate surface area is 91.7 Å². The second kappa shape index (κ2) is 4.42. The number of halogens is 2. The third kappa shape index (κ3) is 3.27. The van der Waals surface area contributed by atoms with Crippen LogP contribution in [-0.2, 0) is 6.42 Å². The minimum absolute atomic E-state index is 0.135. The van der Waals surface area contributed by atoms with Crippen molar-refractivity contribution in [2.45, 2.75) is 18.2 Å². The highest BCUT2D eigenvalue weighted by atomic mass is 127. The summed E-state index contributed by atoms with van der Waals surface area (Å²) in [5, 5.41) is 0. The average Bonchev–Trinajstić information content (AvgIpc) is 2.06. The van der Waals surface area contributed by atoms with Gasteiger partial charge in [0.15, 0.2) is 0 Å². The van der Waals surface area contributed by atoms with Crippen molar-refractivity contribution in [3.63, 3.8) is 0 Å². The molecule has 0 aliphatic heterocycles.